The summed E-state index contributed by atoms with van der Waals surface area (Å²) >= 11 is 0.992. The Hall–Kier alpha value is -1.28. The van der Waals surface area contributed by atoms with E-state index in [4.69, 9.17) is 9.84 Å². The van der Waals surface area contributed by atoms with Crippen molar-refractivity contribution in [3.8, 4) is 0 Å². The van der Waals surface area contributed by atoms with Gasteiger partial charge in [0.1, 0.15) is 0 Å². The molecular weight excluding hydrogens is 222 g/mol. The van der Waals surface area contributed by atoms with Crippen LogP contribution in [0.5, 0.6) is 0 Å². The highest BCUT2D eigenvalue weighted by Crippen LogP contribution is 2.11. The van der Waals surface area contributed by atoms with E-state index >= 15 is 0 Å². The van der Waals surface area contributed by atoms with Crippen molar-refractivity contribution in [2.75, 3.05) is 19.5 Å². The van der Waals surface area contributed by atoms with Gasteiger partial charge in [-0.3, -0.25) is 9.36 Å². The Kier molecular flexibility index (Phi) is 4.37. The molecule has 0 radical (unpaired) electrons. The minimum atomic E-state index is -0.950. The van der Waals surface area contributed by atoms with Crippen LogP contribution < -0.4 is 5.69 Å². The molecule has 1 aromatic rings. The maximum Gasteiger partial charge on any atom is 0.344 e. The number of carboxylic acid groups (broad SMARTS) is 1. The fourth-order valence-electron chi connectivity index (χ4n) is 0.919. The van der Waals surface area contributed by atoms with Gasteiger partial charge in [-0.2, -0.15) is 0 Å². The number of ether oxygens (including phenoxy) is 1. The van der Waals surface area contributed by atoms with Gasteiger partial charge < -0.3 is 9.84 Å². The van der Waals surface area contributed by atoms with Gasteiger partial charge in [-0.15, -0.1) is 5.10 Å². The van der Waals surface area contributed by atoms with E-state index < -0.39 is 5.97 Å². The maximum atomic E-state index is 11.2. The minimum absolute atomic E-state index is 0.128. The van der Waals surface area contributed by atoms with Crippen LogP contribution in [-0.2, 0) is 16.1 Å². The number of carbonyl (C=O) groups is 1. The number of hydrogen-bond donors (Lipinski definition) is 2. The zero-order chi connectivity index (χ0) is 11.3. The van der Waals surface area contributed by atoms with Crippen LogP contribution in [0.2, 0.25) is 0 Å². The zero-order valence-electron chi connectivity index (χ0n) is 8.10. The van der Waals surface area contributed by atoms with Gasteiger partial charge in [0.25, 0.3) is 0 Å². The summed E-state index contributed by atoms with van der Waals surface area (Å²) in [5.74, 6) is -1.08. The molecule has 0 aliphatic rings. The molecule has 0 fully saturated rings. The second-order valence-electron chi connectivity index (χ2n) is 2.64. The molecule has 0 saturated heterocycles. The zero-order valence-corrected chi connectivity index (χ0v) is 8.91. The number of aromatic amines is 1. The number of aromatic nitrogens is 3. The molecule has 1 heterocycles. The van der Waals surface area contributed by atoms with Crippen molar-refractivity contribution < 1.29 is 14.6 Å². The van der Waals surface area contributed by atoms with Crippen LogP contribution in [0.1, 0.15) is 0 Å². The standard InChI is InChI=1S/C7H11N3O4S/c1-14-3-2-10-6(13)8-9-7(10)15-4-5(11)12/h2-4H2,1H3,(H,8,13)(H,11,12). The molecule has 0 spiro atoms. The van der Waals surface area contributed by atoms with Crippen LogP contribution in [0.25, 0.3) is 0 Å². The van der Waals surface area contributed by atoms with E-state index in [0.717, 1.165) is 11.8 Å². The second-order valence-corrected chi connectivity index (χ2v) is 3.58. The van der Waals surface area contributed by atoms with Gasteiger partial charge in [0.2, 0.25) is 0 Å². The molecule has 15 heavy (non-hydrogen) atoms. The van der Waals surface area contributed by atoms with E-state index in [1.54, 1.807) is 0 Å². The SMILES string of the molecule is COCCn1c(SCC(=O)O)n[nH]c1=O. The number of nitrogens with one attached hydrogen (secondary N) is 1. The molecule has 7 nitrogen and oxygen atoms in total. The van der Waals surface area contributed by atoms with Gasteiger partial charge in [0.05, 0.1) is 18.9 Å². The van der Waals surface area contributed by atoms with Crippen LogP contribution in [-0.4, -0.2) is 45.3 Å². The van der Waals surface area contributed by atoms with Crippen LogP contribution in [0.15, 0.2) is 9.95 Å². The topological polar surface area (TPSA) is 97.2 Å². The molecule has 0 bridgehead atoms. The summed E-state index contributed by atoms with van der Waals surface area (Å²) in [4.78, 5) is 21.6. The first-order chi connectivity index (χ1) is 7.15. The normalized spacial score (nSPS) is 10.5. The monoisotopic (exact) mass is 233 g/mol. The van der Waals surface area contributed by atoms with Gasteiger partial charge in [0.15, 0.2) is 5.16 Å². The Bertz CT molecular complexity index is 386. The molecular formula is C7H11N3O4S. The number of H-pyrrole nitrogens is 1. The molecule has 0 aromatic carbocycles. The summed E-state index contributed by atoms with van der Waals surface area (Å²) in [5.41, 5.74) is -0.361. The van der Waals surface area contributed by atoms with E-state index in [-0.39, 0.29) is 11.4 Å². The second kappa shape index (κ2) is 5.56. The quantitative estimate of drug-likeness (QED) is 0.636. The summed E-state index contributed by atoms with van der Waals surface area (Å²) in [6.07, 6.45) is 0. The Morgan fingerprint density at radius 3 is 3.07 bits per heavy atom. The molecule has 0 saturated carbocycles. The lowest BCUT2D eigenvalue weighted by atomic mass is 10.7. The Labute approximate surface area is 89.4 Å². The largest absolute Gasteiger partial charge is 0.481 e. The molecule has 0 aliphatic heterocycles. The molecule has 1 aromatic heterocycles. The van der Waals surface area contributed by atoms with Crippen LogP contribution in [0.4, 0.5) is 0 Å². The van der Waals surface area contributed by atoms with Crippen molar-refractivity contribution in [2.45, 2.75) is 11.7 Å². The van der Waals surface area contributed by atoms with Crippen molar-refractivity contribution in [1.82, 2.24) is 14.8 Å². The van der Waals surface area contributed by atoms with Gasteiger partial charge in [-0.25, -0.2) is 9.89 Å². The van der Waals surface area contributed by atoms with E-state index in [1.165, 1.54) is 11.7 Å². The summed E-state index contributed by atoms with van der Waals surface area (Å²) in [5, 5.41) is 14.8. The van der Waals surface area contributed by atoms with Crippen molar-refractivity contribution in [2.24, 2.45) is 0 Å². The van der Waals surface area contributed by atoms with Gasteiger partial charge in [-0.05, 0) is 0 Å². The van der Waals surface area contributed by atoms with E-state index in [2.05, 4.69) is 10.2 Å². The molecule has 2 N–H and O–H groups in total. The number of nitrogens with zero attached hydrogens (tertiary/aromatic N) is 2. The van der Waals surface area contributed by atoms with Crippen molar-refractivity contribution in [3.63, 3.8) is 0 Å². The third kappa shape index (κ3) is 3.40. The van der Waals surface area contributed by atoms with Gasteiger partial charge in [-0.1, -0.05) is 11.8 Å². The van der Waals surface area contributed by atoms with Crippen LogP contribution >= 0.6 is 11.8 Å². The molecule has 0 atom stereocenters. The van der Waals surface area contributed by atoms with Crippen LogP contribution in [0.3, 0.4) is 0 Å². The summed E-state index contributed by atoms with van der Waals surface area (Å²) < 4.78 is 6.17. The lowest BCUT2D eigenvalue weighted by Crippen LogP contribution is -2.20. The first-order valence-electron chi connectivity index (χ1n) is 4.14. The van der Waals surface area contributed by atoms with Crippen molar-refractivity contribution in [3.05, 3.63) is 10.5 Å². The van der Waals surface area contributed by atoms with Crippen molar-refractivity contribution >= 4 is 17.7 Å². The summed E-state index contributed by atoms with van der Waals surface area (Å²) in [6, 6.07) is 0. The number of rotatable bonds is 6. The fourth-order valence-corrected chi connectivity index (χ4v) is 1.61. The summed E-state index contributed by atoms with van der Waals surface area (Å²) in [6.45, 7) is 0.730. The predicted octanol–water partition coefficient (Wildman–Crippen LogP) is -0.606. The number of thioether (sulfide) groups is 1. The predicted molar refractivity (Wildman–Crippen MR) is 53.1 cm³/mol. The lowest BCUT2D eigenvalue weighted by molar-refractivity contribution is -0.133. The highest BCUT2D eigenvalue weighted by Gasteiger charge is 2.09. The fraction of sp³-hybridized carbons (Fsp3) is 0.571. The highest BCUT2D eigenvalue weighted by atomic mass is 32.2. The summed E-state index contributed by atoms with van der Waals surface area (Å²) in [7, 11) is 1.52. The Morgan fingerprint density at radius 2 is 2.47 bits per heavy atom. The number of aliphatic carboxylic acids is 1. The Balaban J connectivity index is 2.70. The smallest absolute Gasteiger partial charge is 0.344 e. The third-order valence-corrected chi connectivity index (χ3v) is 2.53. The minimum Gasteiger partial charge on any atom is -0.481 e. The molecule has 0 aliphatic carbocycles. The number of methoxy groups -OCH3 is 1. The van der Waals surface area contributed by atoms with Crippen molar-refractivity contribution in [1.29, 1.82) is 0 Å². The van der Waals surface area contributed by atoms with Gasteiger partial charge in [0, 0.05) is 7.11 Å². The van der Waals surface area contributed by atoms with E-state index in [1.807, 2.05) is 0 Å². The average molecular weight is 233 g/mol. The molecule has 1 rings (SSSR count). The molecule has 8 heteroatoms. The Morgan fingerprint density at radius 1 is 1.73 bits per heavy atom. The first-order valence-corrected chi connectivity index (χ1v) is 5.12. The molecule has 0 unspecified atom stereocenters. The molecule has 84 valence electrons. The molecule has 0 amide bonds. The van der Waals surface area contributed by atoms with E-state index in [0.29, 0.717) is 18.3 Å². The third-order valence-electron chi connectivity index (χ3n) is 1.57. The maximum absolute atomic E-state index is 11.2. The van der Waals surface area contributed by atoms with E-state index in [9.17, 15) is 9.59 Å². The highest BCUT2D eigenvalue weighted by molar-refractivity contribution is 7.99. The lowest BCUT2D eigenvalue weighted by Gasteiger charge is -2.02. The number of hydrogen-bond acceptors (Lipinski definition) is 5. The van der Waals surface area contributed by atoms with Gasteiger partial charge >= 0.3 is 11.7 Å². The first kappa shape index (κ1) is 11.8. The average Bonchev–Trinajstić information content (AvgIpc) is 2.53. The number of carboxylic acids is 1. The van der Waals surface area contributed by atoms with Crippen LogP contribution in [0, 0.1) is 0 Å².